The van der Waals surface area contributed by atoms with Crippen LogP contribution in [0.2, 0.25) is 0 Å². The van der Waals surface area contributed by atoms with Crippen molar-refractivity contribution in [3.63, 3.8) is 0 Å². The van der Waals surface area contributed by atoms with Gasteiger partial charge in [-0.2, -0.15) is 0 Å². The van der Waals surface area contributed by atoms with E-state index in [0.29, 0.717) is 6.42 Å². The van der Waals surface area contributed by atoms with Gasteiger partial charge in [0.15, 0.2) is 5.38 Å². The molecule has 4 nitrogen and oxygen atoms in total. The molecule has 0 aliphatic heterocycles. The Morgan fingerprint density at radius 2 is 1.40 bits per heavy atom. The summed E-state index contributed by atoms with van der Waals surface area (Å²) in [6.07, 6.45) is 10.8. The second kappa shape index (κ2) is 13.4. The summed E-state index contributed by atoms with van der Waals surface area (Å²) in [6.45, 7) is 8.92. The molecule has 0 fully saturated rings. The third-order valence-corrected chi connectivity index (χ3v) is 4.33. The van der Waals surface area contributed by atoms with Crippen molar-refractivity contribution in [2.45, 2.75) is 116 Å². The lowest BCUT2D eigenvalue weighted by Gasteiger charge is -2.25. The summed E-state index contributed by atoms with van der Waals surface area (Å²) in [7, 11) is 0. The monoisotopic (exact) mass is 376 g/mol. The lowest BCUT2D eigenvalue weighted by atomic mass is 10.0. The highest BCUT2D eigenvalue weighted by Gasteiger charge is 2.32. The predicted octanol–water partition coefficient (Wildman–Crippen LogP) is 5.79. The van der Waals surface area contributed by atoms with E-state index in [1.54, 1.807) is 20.8 Å². The highest BCUT2D eigenvalue weighted by atomic mass is 35.5. The minimum atomic E-state index is -0.961. The molecular weight excluding hydrogens is 340 g/mol. The van der Waals surface area contributed by atoms with Crippen LogP contribution in [0.3, 0.4) is 0 Å². The van der Waals surface area contributed by atoms with Gasteiger partial charge in [0.1, 0.15) is 11.7 Å². The Kier molecular flexibility index (Phi) is 13.0. The Morgan fingerprint density at radius 3 is 1.84 bits per heavy atom. The van der Waals surface area contributed by atoms with Gasteiger partial charge in [0.05, 0.1) is 0 Å². The molecule has 0 aliphatic carbocycles. The van der Waals surface area contributed by atoms with Crippen molar-refractivity contribution in [3.8, 4) is 0 Å². The van der Waals surface area contributed by atoms with Gasteiger partial charge < -0.3 is 9.47 Å². The number of hydrogen-bond acceptors (Lipinski definition) is 4. The van der Waals surface area contributed by atoms with Crippen LogP contribution in [0.4, 0.5) is 0 Å². The van der Waals surface area contributed by atoms with Crippen molar-refractivity contribution in [2.75, 3.05) is 0 Å². The zero-order valence-electron chi connectivity index (χ0n) is 16.7. The molecule has 0 aromatic heterocycles. The fraction of sp³-hybridized carbons (Fsp3) is 0.900. The molecule has 0 aromatic rings. The summed E-state index contributed by atoms with van der Waals surface area (Å²) < 4.78 is 10.5. The lowest BCUT2D eigenvalue weighted by molar-refractivity contribution is -0.160. The molecule has 0 amide bonds. The SMILES string of the molecule is CCCCCCCCCCC[C@@H](OC(C)=O)[C@@H](Cl)C(=O)OC(C)(C)C. The standard InChI is InChI=1S/C20H37ClO4/c1-6-7-8-9-10-11-12-13-14-15-17(24-16(2)22)18(21)19(23)25-20(3,4)5/h17-18H,6-15H2,1-5H3/t17-,18-/m1/s1. The Bertz CT molecular complexity index is 376. The number of ether oxygens (including phenoxy) is 2. The van der Waals surface area contributed by atoms with Crippen LogP contribution in [0.1, 0.15) is 98.8 Å². The van der Waals surface area contributed by atoms with Crippen molar-refractivity contribution >= 4 is 23.5 Å². The second-order valence-electron chi connectivity index (χ2n) is 7.70. The van der Waals surface area contributed by atoms with Crippen molar-refractivity contribution in [1.29, 1.82) is 0 Å². The molecule has 2 atom stereocenters. The molecule has 5 heteroatoms. The van der Waals surface area contributed by atoms with Gasteiger partial charge in [0.25, 0.3) is 0 Å². The highest BCUT2D eigenvalue weighted by Crippen LogP contribution is 2.20. The largest absolute Gasteiger partial charge is 0.460 e. The van der Waals surface area contributed by atoms with E-state index in [2.05, 4.69) is 6.92 Å². The maximum atomic E-state index is 12.1. The minimum absolute atomic E-state index is 0.421. The number of esters is 2. The van der Waals surface area contributed by atoms with E-state index in [-0.39, 0.29) is 0 Å². The van der Waals surface area contributed by atoms with Crippen molar-refractivity contribution in [2.24, 2.45) is 0 Å². The first-order valence-electron chi connectivity index (χ1n) is 9.71. The second-order valence-corrected chi connectivity index (χ2v) is 8.17. The van der Waals surface area contributed by atoms with Crippen LogP contribution in [-0.2, 0) is 19.1 Å². The molecule has 0 heterocycles. The average Bonchev–Trinajstić information content (AvgIpc) is 2.49. The Morgan fingerprint density at radius 1 is 0.920 bits per heavy atom. The molecule has 0 rings (SSSR count). The quantitative estimate of drug-likeness (QED) is 0.232. The molecule has 0 N–H and O–H groups in total. The molecule has 0 aromatic carbocycles. The summed E-state index contributed by atoms with van der Waals surface area (Å²) in [5, 5.41) is -0.961. The molecule has 0 radical (unpaired) electrons. The van der Waals surface area contributed by atoms with E-state index in [4.69, 9.17) is 21.1 Å². The summed E-state index contributed by atoms with van der Waals surface area (Å²) in [5.41, 5.74) is -0.608. The Labute approximate surface area is 159 Å². The Hall–Kier alpha value is -0.770. The third-order valence-electron chi connectivity index (χ3n) is 3.87. The normalized spacial score (nSPS) is 14.0. The molecule has 0 saturated heterocycles. The predicted molar refractivity (Wildman–Crippen MR) is 103 cm³/mol. The molecule has 25 heavy (non-hydrogen) atoms. The number of hydrogen-bond donors (Lipinski definition) is 0. The molecular formula is C20H37ClO4. The topological polar surface area (TPSA) is 52.6 Å². The van der Waals surface area contributed by atoms with Gasteiger partial charge >= 0.3 is 11.9 Å². The molecule has 0 saturated carbocycles. The zero-order chi connectivity index (χ0) is 19.3. The van der Waals surface area contributed by atoms with Gasteiger partial charge in [-0.25, -0.2) is 0 Å². The first-order chi connectivity index (χ1) is 11.7. The van der Waals surface area contributed by atoms with Crippen LogP contribution in [0, 0.1) is 0 Å². The fourth-order valence-corrected chi connectivity index (χ4v) is 2.87. The maximum absolute atomic E-state index is 12.1. The van der Waals surface area contributed by atoms with E-state index in [1.807, 2.05) is 0 Å². The number of halogens is 1. The van der Waals surface area contributed by atoms with Crippen LogP contribution >= 0.6 is 11.6 Å². The number of carbonyl (C=O) groups is 2. The van der Waals surface area contributed by atoms with Crippen LogP contribution in [-0.4, -0.2) is 29.0 Å². The van der Waals surface area contributed by atoms with Gasteiger partial charge in [0, 0.05) is 6.92 Å². The van der Waals surface area contributed by atoms with Gasteiger partial charge in [-0.3, -0.25) is 9.59 Å². The maximum Gasteiger partial charge on any atom is 0.328 e. The molecule has 0 bridgehead atoms. The van der Waals surface area contributed by atoms with Crippen LogP contribution in [0.5, 0.6) is 0 Å². The average molecular weight is 377 g/mol. The van der Waals surface area contributed by atoms with E-state index >= 15 is 0 Å². The van der Waals surface area contributed by atoms with Gasteiger partial charge in [-0.1, -0.05) is 58.3 Å². The number of rotatable bonds is 13. The summed E-state index contributed by atoms with van der Waals surface area (Å²) >= 11 is 6.21. The number of unbranched alkanes of at least 4 members (excludes halogenated alkanes) is 8. The van der Waals surface area contributed by atoms with Crippen LogP contribution in [0.25, 0.3) is 0 Å². The van der Waals surface area contributed by atoms with E-state index in [1.165, 1.54) is 45.4 Å². The van der Waals surface area contributed by atoms with Gasteiger partial charge in [-0.05, 0) is 33.6 Å². The van der Waals surface area contributed by atoms with E-state index in [0.717, 1.165) is 19.3 Å². The first-order valence-corrected chi connectivity index (χ1v) is 10.1. The summed E-state index contributed by atoms with van der Waals surface area (Å²) in [4.78, 5) is 23.4. The van der Waals surface area contributed by atoms with Gasteiger partial charge in [0.2, 0.25) is 0 Å². The number of carbonyl (C=O) groups excluding carboxylic acids is 2. The highest BCUT2D eigenvalue weighted by molar-refractivity contribution is 6.30. The summed E-state index contributed by atoms with van der Waals surface area (Å²) in [6, 6.07) is 0. The number of alkyl halides is 1. The first kappa shape index (κ1) is 24.2. The lowest BCUT2D eigenvalue weighted by Crippen LogP contribution is -2.38. The van der Waals surface area contributed by atoms with Crippen LogP contribution < -0.4 is 0 Å². The van der Waals surface area contributed by atoms with Crippen molar-refractivity contribution in [1.82, 2.24) is 0 Å². The Balaban J connectivity index is 4.14. The fourth-order valence-electron chi connectivity index (χ4n) is 2.64. The molecule has 0 spiro atoms. The van der Waals surface area contributed by atoms with Crippen LogP contribution in [0.15, 0.2) is 0 Å². The third kappa shape index (κ3) is 14.1. The molecule has 0 aliphatic rings. The van der Waals surface area contributed by atoms with E-state index < -0.39 is 29.0 Å². The molecule has 0 unspecified atom stereocenters. The van der Waals surface area contributed by atoms with Gasteiger partial charge in [-0.15, -0.1) is 11.6 Å². The zero-order valence-corrected chi connectivity index (χ0v) is 17.5. The summed E-state index contributed by atoms with van der Waals surface area (Å²) in [5.74, 6) is -0.952. The van der Waals surface area contributed by atoms with E-state index in [9.17, 15) is 9.59 Å². The molecule has 148 valence electrons. The van der Waals surface area contributed by atoms with Crippen molar-refractivity contribution in [3.05, 3.63) is 0 Å². The minimum Gasteiger partial charge on any atom is -0.460 e. The van der Waals surface area contributed by atoms with Crippen molar-refractivity contribution < 1.29 is 19.1 Å². The smallest absolute Gasteiger partial charge is 0.328 e.